The lowest BCUT2D eigenvalue weighted by Crippen LogP contribution is -2.38. The van der Waals surface area contributed by atoms with Crippen LogP contribution in [-0.4, -0.2) is 60.6 Å². The van der Waals surface area contributed by atoms with Crippen molar-refractivity contribution in [2.24, 2.45) is 0 Å². The SMILES string of the molecule is CC(=O)NCCC(=O)NCCNC(=O)CCN1C(=O)C=CC1=O. The first kappa shape index (κ1) is 18.3. The van der Waals surface area contributed by atoms with Crippen molar-refractivity contribution in [1.29, 1.82) is 0 Å². The highest BCUT2D eigenvalue weighted by Gasteiger charge is 2.23. The highest BCUT2D eigenvalue weighted by atomic mass is 16.2. The average molecular weight is 324 g/mol. The fraction of sp³-hybridized carbons (Fsp3) is 0.500. The van der Waals surface area contributed by atoms with Crippen LogP contribution < -0.4 is 16.0 Å². The smallest absolute Gasteiger partial charge is 0.253 e. The van der Waals surface area contributed by atoms with Gasteiger partial charge < -0.3 is 16.0 Å². The molecule has 0 fully saturated rings. The number of nitrogens with one attached hydrogen (secondary N) is 3. The van der Waals surface area contributed by atoms with Crippen LogP contribution in [-0.2, 0) is 24.0 Å². The second-order valence-corrected chi connectivity index (χ2v) is 4.84. The molecule has 126 valence electrons. The first-order valence-electron chi connectivity index (χ1n) is 7.21. The maximum atomic E-state index is 11.6. The molecule has 0 aliphatic carbocycles. The van der Waals surface area contributed by atoms with Crippen LogP contribution in [0.25, 0.3) is 0 Å². The van der Waals surface area contributed by atoms with E-state index >= 15 is 0 Å². The number of rotatable bonds is 9. The fourth-order valence-electron chi connectivity index (χ4n) is 1.80. The lowest BCUT2D eigenvalue weighted by Gasteiger charge is -2.13. The molecule has 0 saturated carbocycles. The van der Waals surface area contributed by atoms with Gasteiger partial charge in [0.25, 0.3) is 11.8 Å². The van der Waals surface area contributed by atoms with Crippen LogP contribution in [0.1, 0.15) is 19.8 Å². The summed E-state index contributed by atoms with van der Waals surface area (Å²) < 4.78 is 0. The predicted octanol–water partition coefficient (Wildman–Crippen LogP) is -1.94. The maximum Gasteiger partial charge on any atom is 0.253 e. The highest BCUT2D eigenvalue weighted by molar-refractivity contribution is 6.13. The van der Waals surface area contributed by atoms with Crippen LogP contribution in [0, 0.1) is 0 Å². The van der Waals surface area contributed by atoms with E-state index in [4.69, 9.17) is 0 Å². The van der Waals surface area contributed by atoms with Crippen LogP contribution in [0.4, 0.5) is 0 Å². The van der Waals surface area contributed by atoms with E-state index in [1.807, 2.05) is 0 Å². The number of nitrogens with zero attached hydrogens (tertiary/aromatic N) is 1. The molecular formula is C14H20N4O5. The molecule has 0 unspecified atom stereocenters. The van der Waals surface area contributed by atoms with E-state index in [1.165, 1.54) is 6.92 Å². The summed E-state index contributed by atoms with van der Waals surface area (Å²) in [5.74, 6) is -1.59. The number of carbonyl (C=O) groups excluding carboxylic acids is 5. The molecule has 0 radical (unpaired) electrons. The Balaban J connectivity index is 2.06. The molecule has 1 rings (SSSR count). The minimum atomic E-state index is -0.422. The number of imide groups is 1. The number of hydrogen-bond donors (Lipinski definition) is 3. The quantitative estimate of drug-likeness (QED) is 0.336. The van der Waals surface area contributed by atoms with E-state index in [1.54, 1.807) is 0 Å². The minimum Gasteiger partial charge on any atom is -0.356 e. The Morgan fingerprint density at radius 2 is 1.39 bits per heavy atom. The molecule has 0 aromatic rings. The van der Waals surface area contributed by atoms with Gasteiger partial charge in [-0.3, -0.25) is 28.9 Å². The average Bonchev–Trinajstić information content (AvgIpc) is 2.80. The molecule has 0 aromatic heterocycles. The molecule has 0 saturated heterocycles. The van der Waals surface area contributed by atoms with Crippen molar-refractivity contribution in [3.63, 3.8) is 0 Å². The summed E-state index contributed by atoms with van der Waals surface area (Å²) >= 11 is 0. The van der Waals surface area contributed by atoms with Gasteiger partial charge in [0.1, 0.15) is 0 Å². The molecule has 1 aliphatic heterocycles. The normalized spacial score (nSPS) is 13.2. The summed E-state index contributed by atoms with van der Waals surface area (Å²) in [6.07, 6.45) is 2.50. The largest absolute Gasteiger partial charge is 0.356 e. The number of carbonyl (C=O) groups is 5. The van der Waals surface area contributed by atoms with Gasteiger partial charge in [-0.1, -0.05) is 0 Å². The summed E-state index contributed by atoms with van der Waals surface area (Å²) in [5, 5.41) is 7.66. The van der Waals surface area contributed by atoms with Gasteiger partial charge in [0.15, 0.2) is 0 Å². The van der Waals surface area contributed by atoms with Gasteiger partial charge in [-0.25, -0.2) is 0 Å². The lowest BCUT2D eigenvalue weighted by molar-refractivity contribution is -0.137. The molecule has 23 heavy (non-hydrogen) atoms. The summed E-state index contributed by atoms with van der Waals surface area (Å²) in [7, 11) is 0. The van der Waals surface area contributed by atoms with Gasteiger partial charge in [-0.15, -0.1) is 0 Å². The first-order chi connectivity index (χ1) is 10.9. The molecule has 0 aromatic carbocycles. The monoisotopic (exact) mass is 324 g/mol. The second kappa shape index (κ2) is 9.34. The lowest BCUT2D eigenvalue weighted by atomic mass is 10.3. The molecular weight excluding hydrogens is 304 g/mol. The van der Waals surface area contributed by atoms with Gasteiger partial charge in [0.05, 0.1) is 0 Å². The third kappa shape index (κ3) is 7.21. The van der Waals surface area contributed by atoms with Crippen LogP contribution >= 0.6 is 0 Å². The van der Waals surface area contributed by atoms with Crippen molar-refractivity contribution in [1.82, 2.24) is 20.9 Å². The van der Waals surface area contributed by atoms with E-state index < -0.39 is 11.8 Å². The zero-order valence-electron chi connectivity index (χ0n) is 12.9. The van der Waals surface area contributed by atoms with E-state index in [0.717, 1.165) is 17.1 Å². The van der Waals surface area contributed by atoms with Crippen molar-refractivity contribution < 1.29 is 24.0 Å². The van der Waals surface area contributed by atoms with E-state index in [0.29, 0.717) is 0 Å². The minimum absolute atomic E-state index is 0.00956. The summed E-state index contributed by atoms with van der Waals surface area (Å²) in [5.41, 5.74) is 0. The zero-order valence-corrected chi connectivity index (χ0v) is 12.9. The van der Waals surface area contributed by atoms with E-state index in [2.05, 4.69) is 16.0 Å². The van der Waals surface area contributed by atoms with Crippen molar-refractivity contribution >= 4 is 29.5 Å². The molecule has 5 amide bonds. The Bertz CT molecular complexity index is 511. The Hall–Kier alpha value is -2.71. The van der Waals surface area contributed by atoms with Crippen LogP contribution in [0.15, 0.2) is 12.2 Å². The number of hydrogen-bond acceptors (Lipinski definition) is 5. The van der Waals surface area contributed by atoms with Gasteiger partial charge in [0.2, 0.25) is 17.7 Å². The third-order valence-electron chi connectivity index (χ3n) is 2.96. The number of amides is 5. The molecule has 0 bridgehead atoms. The Morgan fingerprint density at radius 1 is 0.870 bits per heavy atom. The highest BCUT2D eigenvalue weighted by Crippen LogP contribution is 2.03. The Kier molecular flexibility index (Phi) is 7.44. The third-order valence-corrected chi connectivity index (χ3v) is 2.96. The van der Waals surface area contributed by atoms with E-state index in [9.17, 15) is 24.0 Å². The fourth-order valence-corrected chi connectivity index (χ4v) is 1.80. The van der Waals surface area contributed by atoms with Gasteiger partial charge in [-0.05, 0) is 0 Å². The summed E-state index contributed by atoms with van der Waals surface area (Å²) in [4.78, 5) is 57.1. The molecule has 9 heteroatoms. The van der Waals surface area contributed by atoms with Crippen molar-refractivity contribution in [3.05, 3.63) is 12.2 Å². The van der Waals surface area contributed by atoms with Crippen LogP contribution in [0.2, 0.25) is 0 Å². The summed E-state index contributed by atoms with van der Waals surface area (Å²) in [6.45, 7) is 2.16. The van der Waals surface area contributed by atoms with Crippen LogP contribution in [0.5, 0.6) is 0 Å². The van der Waals surface area contributed by atoms with Crippen LogP contribution in [0.3, 0.4) is 0 Å². The second-order valence-electron chi connectivity index (χ2n) is 4.84. The van der Waals surface area contributed by atoms with E-state index in [-0.39, 0.29) is 56.7 Å². The van der Waals surface area contributed by atoms with Gasteiger partial charge in [0, 0.05) is 58.1 Å². The van der Waals surface area contributed by atoms with Crippen molar-refractivity contribution in [2.75, 3.05) is 26.2 Å². The van der Waals surface area contributed by atoms with Gasteiger partial charge >= 0.3 is 0 Å². The first-order valence-corrected chi connectivity index (χ1v) is 7.21. The topological polar surface area (TPSA) is 125 Å². The molecule has 0 atom stereocenters. The molecule has 3 N–H and O–H groups in total. The predicted molar refractivity (Wildman–Crippen MR) is 79.8 cm³/mol. The van der Waals surface area contributed by atoms with Gasteiger partial charge in [-0.2, -0.15) is 0 Å². The van der Waals surface area contributed by atoms with Crippen molar-refractivity contribution in [3.8, 4) is 0 Å². The maximum absolute atomic E-state index is 11.6. The molecule has 0 spiro atoms. The molecule has 9 nitrogen and oxygen atoms in total. The Labute approximate surface area is 133 Å². The molecule has 1 aliphatic rings. The summed E-state index contributed by atoms with van der Waals surface area (Å²) in [6, 6.07) is 0. The standard InChI is InChI=1S/C14H20N4O5/c1-10(19)15-6-4-11(20)16-7-8-17-12(21)5-9-18-13(22)2-3-14(18)23/h2-3H,4-9H2,1H3,(H,15,19)(H,16,20)(H,17,21). The van der Waals surface area contributed by atoms with Crippen molar-refractivity contribution in [2.45, 2.75) is 19.8 Å². The molecule has 1 heterocycles. The zero-order chi connectivity index (χ0) is 17.2. The Morgan fingerprint density at radius 3 is 1.91 bits per heavy atom.